The third-order valence-electron chi connectivity index (χ3n) is 2.99. The van der Waals surface area contributed by atoms with E-state index in [4.69, 9.17) is 5.73 Å². The van der Waals surface area contributed by atoms with Crippen molar-refractivity contribution in [3.63, 3.8) is 0 Å². The van der Waals surface area contributed by atoms with Crippen molar-refractivity contribution in [3.8, 4) is 0 Å². The number of primary amides is 1. The van der Waals surface area contributed by atoms with Crippen molar-refractivity contribution in [1.29, 1.82) is 0 Å². The van der Waals surface area contributed by atoms with E-state index in [1.165, 1.54) is 11.1 Å². The van der Waals surface area contributed by atoms with Gasteiger partial charge in [0.05, 0.1) is 6.04 Å². The molecule has 0 saturated carbocycles. The molecule has 1 aliphatic heterocycles. The van der Waals surface area contributed by atoms with Crippen LogP contribution in [0.3, 0.4) is 0 Å². The molecular weight excluding hydrogens is 259 g/mol. The van der Waals surface area contributed by atoms with E-state index < -0.39 is 0 Å². The third-order valence-corrected chi connectivity index (χ3v) is 2.99. The number of nitrogens with one attached hydrogen (secondary N) is 1. The maximum atomic E-state index is 11.0. The lowest BCUT2D eigenvalue weighted by atomic mass is 9.95. The second kappa shape index (κ2) is 6.84. The van der Waals surface area contributed by atoms with E-state index in [0.29, 0.717) is 5.92 Å². The number of rotatable bonds is 2. The average molecular weight is 277 g/mol. The lowest BCUT2D eigenvalue weighted by Gasteiger charge is -2.09. The molecule has 1 fully saturated rings. The van der Waals surface area contributed by atoms with Crippen LogP contribution in [0, 0.1) is 6.92 Å². The van der Waals surface area contributed by atoms with Gasteiger partial charge in [-0.15, -0.1) is 24.8 Å². The number of halogens is 2. The number of hydrogen-bond donors (Lipinski definition) is 2. The molecule has 1 saturated heterocycles. The van der Waals surface area contributed by atoms with Gasteiger partial charge in [-0.05, 0) is 24.8 Å². The molecule has 0 bridgehead atoms. The Balaban J connectivity index is 0.00000128. The Kier molecular flexibility index (Phi) is 6.53. The summed E-state index contributed by atoms with van der Waals surface area (Å²) in [6.07, 6.45) is 0.818. The Labute approximate surface area is 114 Å². The van der Waals surface area contributed by atoms with E-state index in [1.807, 2.05) is 0 Å². The molecule has 3 N–H and O–H groups in total. The highest BCUT2D eigenvalue weighted by Crippen LogP contribution is 2.25. The zero-order chi connectivity index (χ0) is 10.8. The fourth-order valence-corrected chi connectivity index (χ4v) is 2.13. The summed E-state index contributed by atoms with van der Waals surface area (Å²) in [5, 5.41) is 3.15. The predicted molar refractivity (Wildman–Crippen MR) is 74.0 cm³/mol. The quantitative estimate of drug-likeness (QED) is 0.865. The van der Waals surface area contributed by atoms with Gasteiger partial charge >= 0.3 is 0 Å². The van der Waals surface area contributed by atoms with Gasteiger partial charge < -0.3 is 11.1 Å². The van der Waals surface area contributed by atoms with Crippen LogP contribution < -0.4 is 11.1 Å². The number of nitrogens with two attached hydrogens (primary N) is 1. The number of hydrogen-bond acceptors (Lipinski definition) is 2. The highest BCUT2D eigenvalue weighted by Gasteiger charge is 2.28. The van der Waals surface area contributed by atoms with Gasteiger partial charge in [0.1, 0.15) is 0 Å². The average Bonchev–Trinajstić information content (AvgIpc) is 2.66. The SMILES string of the molecule is Cc1cccc(C2CNC(C(N)=O)C2)c1.Cl.Cl. The van der Waals surface area contributed by atoms with Gasteiger partial charge in [-0.3, -0.25) is 4.79 Å². The molecule has 0 radical (unpaired) electrons. The zero-order valence-electron chi connectivity index (χ0n) is 9.68. The summed E-state index contributed by atoms with van der Waals surface area (Å²) in [5.41, 5.74) is 7.82. The number of aryl methyl sites for hydroxylation is 1. The second-order valence-corrected chi connectivity index (χ2v) is 4.21. The van der Waals surface area contributed by atoms with Gasteiger partial charge in [-0.25, -0.2) is 0 Å². The van der Waals surface area contributed by atoms with Crippen molar-refractivity contribution in [3.05, 3.63) is 35.4 Å². The van der Waals surface area contributed by atoms with Gasteiger partial charge in [0, 0.05) is 6.54 Å². The minimum atomic E-state index is -0.245. The molecule has 0 spiro atoms. The van der Waals surface area contributed by atoms with E-state index in [0.717, 1.165) is 13.0 Å². The number of benzene rings is 1. The van der Waals surface area contributed by atoms with Gasteiger partial charge in [0.15, 0.2) is 0 Å². The normalized spacial score (nSPS) is 22.4. The van der Waals surface area contributed by atoms with Crippen LogP contribution in [0.1, 0.15) is 23.5 Å². The summed E-state index contributed by atoms with van der Waals surface area (Å²) < 4.78 is 0. The standard InChI is InChI=1S/C12H16N2O.2ClH/c1-8-3-2-4-9(5-8)10-6-11(12(13)15)14-7-10;;/h2-5,10-11,14H,6-7H2,1H3,(H2,13,15);2*1H. The number of carbonyl (C=O) groups is 1. The molecule has 3 nitrogen and oxygen atoms in total. The van der Waals surface area contributed by atoms with Crippen LogP contribution in [0.25, 0.3) is 0 Å². The smallest absolute Gasteiger partial charge is 0.234 e. The lowest BCUT2D eigenvalue weighted by molar-refractivity contribution is -0.119. The summed E-state index contributed by atoms with van der Waals surface area (Å²) in [5.74, 6) is 0.174. The van der Waals surface area contributed by atoms with Crippen molar-refractivity contribution in [2.45, 2.75) is 25.3 Å². The van der Waals surface area contributed by atoms with Crippen LogP contribution in [-0.4, -0.2) is 18.5 Å². The molecule has 1 aromatic carbocycles. The first-order chi connectivity index (χ1) is 7.16. The molecule has 0 aromatic heterocycles. The maximum Gasteiger partial charge on any atom is 0.234 e. The molecule has 96 valence electrons. The molecule has 0 aliphatic carbocycles. The predicted octanol–water partition coefficient (Wildman–Crippen LogP) is 1.77. The van der Waals surface area contributed by atoms with Gasteiger partial charge in [0.25, 0.3) is 0 Å². The number of carbonyl (C=O) groups excluding carboxylic acids is 1. The summed E-state index contributed by atoms with van der Waals surface area (Å²) >= 11 is 0. The first kappa shape index (κ1) is 16.2. The van der Waals surface area contributed by atoms with Crippen molar-refractivity contribution in [1.82, 2.24) is 5.32 Å². The molecule has 1 amide bonds. The molecule has 1 heterocycles. The van der Waals surface area contributed by atoms with Gasteiger partial charge in [0.2, 0.25) is 5.91 Å². The van der Waals surface area contributed by atoms with Crippen molar-refractivity contribution in [2.75, 3.05) is 6.54 Å². The van der Waals surface area contributed by atoms with Crippen LogP contribution in [-0.2, 0) is 4.79 Å². The Morgan fingerprint density at radius 1 is 1.41 bits per heavy atom. The molecular formula is C12H18Cl2N2O. The van der Waals surface area contributed by atoms with Crippen molar-refractivity contribution >= 4 is 30.7 Å². The molecule has 1 aliphatic rings. The van der Waals surface area contributed by atoms with Crippen LogP contribution in [0.5, 0.6) is 0 Å². The van der Waals surface area contributed by atoms with Crippen LogP contribution >= 0.6 is 24.8 Å². The highest BCUT2D eigenvalue weighted by molar-refractivity contribution is 5.85. The van der Waals surface area contributed by atoms with Gasteiger partial charge in [-0.1, -0.05) is 29.8 Å². The molecule has 5 heteroatoms. The van der Waals surface area contributed by atoms with Crippen LogP contribution in [0.2, 0.25) is 0 Å². The Morgan fingerprint density at radius 3 is 2.65 bits per heavy atom. The monoisotopic (exact) mass is 276 g/mol. The molecule has 2 atom stereocenters. The van der Waals surface area contributed by atoms with E-state index >= 15 is 0 Å². The number of amides is 1. The van der Waals surface area contributed by atoms with Crippen molar-refractivity contribution < 1.29 is 4.79 Å². The first-order valence-corrected chi connectivity index (χ1v) is 5.26. The summed E-state index contributed by atoms with van der Waals surface area (Å²) in [6, 6.07) is 8.27. The largest absolute Gasteiger partial charge is 0.368 e. The Hall–Kier alpha value is -0.770. The topological polar surface area (TPSA) is 55.1 Å². The molecule has 2 rings (SSSR count). The van der Waals surface area contributed by atoms with Crippen molar-refractivity contribution in [2.24, 2.45) is 5.73 Å². The molecule has 1 aromatic rings. The molecule has 17 heavy (non-hydrogen) atoms. The fourth-order valence-electron chi connectivity index (χ4n) is 2.13. The minimum absolute atomic E-state index is 0. The highest BCUT2D eigenvalue weighted by atomic mass is 35.5. The van der Waals surface area contributed by atoms with E-state index in [2.05, 4.69) is 36.5 Å². The third kappa shape index (κ3) is 3.87. The summed E-state index contributed by atoms with van der Waals surface area (Å²) in [7, 11) is 0. The minimum Gasteiger partial charge on any atom is -0.368 e. The van der Waals surface area contributed by atoms with E-state index in [9.17, 15) is 4.79 Å². The zero-order valence-corrected chi connectivity index (χ0v) is 11.3. The fraction of sp³-hybridized carbons (Fsp3) is 0.417. The summed E-state index contributed by atoms with van der Waals surface area (Å²) in [4.78, 5) is 11.0. The van der Waals surface area contributed by atoms with E-state index in [-0.39, 0.29) is 36.8 Å². The van der Waals surface area contributed by atoms with Crippen LogP contribution in [0.4, 0.5) is 0 Å². The van der Waals surface area contributed by atoms with E-state index in [1.54, 1.807) is 0 Å². The first-order valence-electron chi connectivity index (χ1n) is 5.26. The Morgan fingerprint density at radius 2 is 2.12 bits per heavy atom. The second-order valence-electron chi connectivity index (χ2n) is 4.21. The Bertz CT molecular complexity index is 385. The molecule has 2 unspecified atom stereocenters. The van der Waals surface area contributed by atoms with Gasteiger partial charge in [-0.2, -0.15) is 0 Å². The maximum absolute atomic E-state index is 11.0. The lowest BCUT2D eigenvalue weighted by Crippen LogP contribution is -2.36. The van der Waals surface area contributed by atoms with Crippen LogP contribution in [0.15, 0.2) is 24.3 Å². The summed E-state index contributed by atoms with van der Waals surface area (Å²) in [6.45, 7) is 2.93.